The summed E-state index contributed by atoms with van der Waals surface area (Å²) >= 11 is 3.32. The standard InChI is InChI=1S/C16H15BrN2O3/c1-21-14-7-6-11(8-15(14)22-2)10-18-19-16(20)12-4-3-5-13(17)9-12/h3-10H,1-2H3,(H,19,20). The van der Waals surface area contributed by atoms with Gasteiger partial charge in [0.2, 0.25) is 0 Å². The number of rotatable bonds is 5. The van der Waals surface area contributed by atoms with Crippen molar-refractivity contribution in [3.05, 3.63) is 58.1 Å². The number of hydrazone groups is 1. The van der Waals surface area contributed by atoms with E-state index in [1.165, 1.54) is 6.21 Å². The zero-order valence-electron chi connectivity index (χ0n) is 12.2. The molecular weight excluding hydrogens is 348 g/mol. The molecule has 0 fully saturated rings. The normalized spacial score (nSPS) is 10.5. The smallest absolute Gasteiger partial charge is 0.271 e. The van der Waals surface area contributed by atoms with Crippen LogP contribution in [0, 0.1) is 0 Å². The maximum Gasteiger partial charge on any atom is 0.271 e. The Kier molecular flexibility index (Phi) is 5.55. The van der Waals surface area contributed by atoms with Crippen LogP contribution in [0.2, 0.25) is 0 Å². The van der Waals surface area contributed by atoms with Crippen LogP contribution in [0.5, 0.6) is 11.5 Å². The van der Waals surface area contributed by atoms with Gasteiger partial charge in [0.1, 0.15) is 0 Å². The van der Waals surface area contributed by atoms with E-state index < -0.39 is 0 Å². The largest absolute Gasteiger partial charge is 0.493 e. The number of methoxy groups -OCH3 is 2. The molecule has 0 atom stereocenters. The molecule has 1 N–H and O–H groups in total. The van der Waals surface area contributed by atoms with Crippen LogP contribution < -0.4 is 14.9 Å². The molecule has 114 valence electrons. The lowest BCUT2D eigenvalue weighted by atomic mass is 10.2. The number of carbonyl (C=O) groups is 1. The molecule has 1 amide bonds. The number of carbonyl (C=O) groups excluding carboxylic acids is 1. The average Bonchev–Trinajstić information content (AvgIpc) is 2.54. The van der Waals surface area contributed by atoms with Crippen molar-refractivity contribution in [2.75, 3.05) is 14.2 Å². The third-order valence-electron chi connectivity index (χ3n) is 2.87. The number of amides is 1. The summed E-state index contributed by atoms with van der Waals surface area (Å²) in [6.45, 7) is 0. The predicted octanol–water partition coefficient (Wildman–Crippen LogP) is 3.23. The van der Waals surface area contributed by atoms with E-state index in [0.717, 1.165) is 10.0 Å². The number of halogens is 1. The molecule has 6 heteroatoms. The molecule has 22 heavy (non-hydrogen) atoms. The Balaban J connectivity index is 2.05. The van der Waals surface area contributed by atoms with Gasteiger partial charge in [-0.3, -0.25) is 4.79 Å². The van der Waals surface area contributed by atoms with Gasteiger partial charge in [0.05, 0.1) is 20.4 Å². The van der Waals surface area contributed by atoms with Crippen molar-refractivity contribution in [3.63, 3.8) is 0 Å². The third-order valence-corrected chi connectivity index (χ3v) is 3.37. The van der Waals surface area contributed by atoms with Crippen molar-refractivity contribution < 1.29 is 14.3 Å². The lowest BCUT2D eigenvalue weighted by molar-refractivity contribution is 0.0955. The van der Waals surface area contributed by atoms with Gasteiger partial charge in [0.25, 0.3) is 5.91 Å². The molecule has 0 aliphatic heterocycles. The molecule has 0 spiro atoms. The van der Waals surface area contributed by atoms with Crippen LogP contribution in [0.1, 0.15) is 15.9 Å². The first-order valence-electron chi connectivity index (χ1n) is 6.45. The Bertz CT molecular complexity index is 702. The first kappa shape index (κ1) is 16.0. The maximum absolute atomic E-state index is 11.9. The molecule has 2 aromatic rings. The van der Waals surface area contributed by atoms with E-state index in [0.29, 0.717) is 17.1 Å². The molecule has 0 aromatic heterocycles. The fourth-order valence-corrected chi connectivity index (χ4v) is 2.19. The Morgan fingerprint density at radius 2 is 1.91 bits per heavy atom. The van der Waals surface area contributed by atoms with E-state index in [-0.39, 0.29) is 5.91 Å². The number of nitrogens with zero attached hydrogens (tertiary/aromatic N) is 1. The van der Waals surface area contributed by atoms with Crippen molar-refractivity contribution in [2.45, 2.75) is 0 Å². The molecule has 0 saturated carbocycles. The van der Waals surface area contributed by atoms with Crippen molar-refractivity contribution in [2.24, 2.45) is 5.10 Å². The molecular formula is C16H15BrN2O3. The van der Waals surface area contributed by atoms with Gasteiger partial charge in [-0.2, -0.15) is 5.10 Å². The zero-order valence-corrected chi connectivity index (χ0v) is 13.8. The second-order valence-electron chi connectivity index (χ2n) is 4.32. The van der Waals surface area contributed by atoms with Crippen LogP contribution in [0.25, 0.3) is 0 Å². The minimum absolute atomic E-state index is 0.280. The van der Waals surface area contributed by atoms with Crippen molar-refractivity contribution in [3.8, 4) is 11.5 Å². The molecule has 0 unspecified atom stereocenters. The van der Waals surface area contributed by atoms with Crippen LogP contribution in [0.3, 0.4) is 0 Å². The molecule has 0 bridgehead atoms. The quantitative estimate of drug-likeness (QED) is 0.656. The van der Waals surface area contributed by atoms with Crippen LogP contribution in [0.15, 0.2) is 52.0 Å². The fourth-order valence-electron chi connectivity index (χ4n) is 1.79. The van der Waals surface area contributed by atoms with Gasteiger partial charge in [0, 0.05) is 10.0 Å². The Morgan fingerprint density at radius 1 is 1.14 bits per heavy atom. The summed E-state index contributed by atoms with van der Waals surface area (Å²) in [5.41, 5.74) is 3.79. The van der Waals surface area contributed by atoms with Gasteiger partial charge in [-0.1, -0.05) is 22.0 Å². The van der Waals surface area contributed by atoms with E-state index in [4.69, 9.17) is 9.47 Å². The maximum atomic E-state index is 11.9. The highest BCUT2D eigenvalue weighted by Gasteiger charge is 2.05. The third kappa shape index (κ3) is 4.08. The topological polar surface area (TPSA) is 59.9 Å². The van der Waals surface area contributed by atoms with Crippen LogP contribution >= 0.6 is 15.9 Å². The summed E-state index contributed by atoms with van der Waals surface area (Å²) in [6, 6.07) is 12.4. The summed E-state index contributed by atoms with van der Waals surface area (Å²) < 4.78 is 11.2. The Labute approximate surface area is 137 Å². The molecule has 0 aliphatic rings. The lowest BCUT2D eigenvalue weighted by Crippen LogP contribution is -2.17. The molecule has 2 rings (SSSR count). The highest BCUT2D eigenvalue weighted by Crippen LogP contribution is 2.26. The average molecular weight is 363 g/mol. The highest BCUT2D eigenvalue weighted by molar-refractivity contribution is 9.10. The predicted molar refractivity (Wildman–Crippen MR) is 88.7 cm³/mol. The second kappa shape index (κ2) is 7.61. The number of benzene rings is 2. The monoisotopic (exact) mass is 362 g/mol. The SMILES string of the molecule is COc1ccc(C=NNC(=O)c2cccc(Br)c2)cc1OC. The highest BCUT2D eigenvalue weighted by atomic mass is 79.9. The van der Waals surface area contributed by atoms with Gasteiger partial charge in [-0.05, 0) is 42.0 Å². The molecule has 5 nitrogen and oxygen atoms in total. The van der Waals surface area contributed by atoms with E-state index >= 15 is 0 Å². The summed E-state index contributed by atoms with van der Waals surface area (Å²) in [4.78, 5) is 11.9. The minimum atomic E-state index is -0.280. The fraction of sp³-hybridized carbons (Fsp3) is 0.125. The van der Waals surface area contributed by atoms with Gasteiger partial charge in [-0.25, -0.2) is 5.43 Å². The van der Waals surface area contributed by atoms with Gasteiger partial charge < -0.3 is 9.47 Å². The first-order valence-corrected chi connectivity index (χ1v) is 7.24. The number of nitrogens with one attached hydrogen (secondary N) is 1. The van der Waals surface area contributed by atoms with Gasteiger partial charge in [-0.15, -0.1) is 0 Å². The summed E-state index contributed by atoms with van der Waals surface area (Å²) in [5.74, 6) is 0.959. The number of hydrogen-bond acceptors (Lipinski definition) is 4. The van der Waals surface area contributed by atoms with Crippen LogP contribution in [-0.2, 0) is 0 Å². The number of ether oxygens (including phenoxy) is 2. The Hall–Kier alpha value is -2.34. The molecule has 0 heterocycles. The van der Waals surface area contributed by atoms with Gasteiger partial charge >= 0.3 is 0 Å². The van der Waals surface area contributed by atoms with Crippen molar-refractivity contribution in [1.29, 1.82) is 0 Å². The van der Waals surface area contributed by atoms with Crippen molar-refractivity contribution >= 4 is 28.1 Å². The molecule has 2 aromatic carbocycles. The van der Waals surface area contributed by atoms with E-state index in [9.17, 15) is 4.79 Å². The Morgan fingerprint density at radius 3 is 2.59 bits per heavy atom. The summed E-state index contributed by atoms with van der Waals surface area (Å²) in [6.07, 6.45) is 1.54. The minimum Gasteiger partial charge on any atom is -0.493 e. The van der Waals surface area contributed by atoms with Crippen LogP contribution in [0.4, 0.5) is 0 Å². The molecule has 0 radical (unpaired) electrons. The zero-order chi connectivity index (χ0) is 15.9. The molecule has 0 aliphatic carbocycles. The second-order valence-corrected chi connectivity index (χ2v) is 5.24. The summed E-state index contributed by atoms with van der Waals surface area (Å²) in [5, 5.41) is 3.94. The summed E-state index contributed by atoms with van der Waals surface area (Å²) in [7, 11) is 3.14. The van der Waals surface area contributed by atoms with Crippen LogP contribution in [-0.4, -0.2) is 26.3 Å². The first-order chi connectivity index (χ1) is 10.6. The van der Waals surface area contributed by atoms with E-state index in [1.807, 2.05) is 12.1 Å². The van der Waals surface area contributed by atoms with E-state index in [2.05, 4.69) is 26.5 Å². The van der Waals surface area contributed by atoms with Gasteiger partial charge in [0.15, 0.2) is 11.5 Å². The molecule has 0 saturated heterocycles. The lowest BCUT2D eigenvalue weighted by Gasteiger charge is -2.07. The van der Waals surface area contributed by atoms with Crippen molar-refractivity contribution in [1.82, 2.24) is 5.43 Å². The number of hydrogen-bond donors (Lipinski definition) is 1. The van der Waals surface area contributed by atoms with E-state index in [1.54, 1.807) is 44.6 Å².